The van der Waals surface area contributed by atoms with Gasteiger partial charge in [-0.15, -0.1) is 0 Å². The van der Waals surface area contributed by atoms with Gasteiger partial charge >= 0.3 is 5.97 Å². The van der Waals surface area contributed by atoms with Crippen molar-refractivity contribution in [1.29, 1.82) is 0 Å². The number of anilines is 1. The Morgan fingerprint density at radius 1 is 1.48 bits per heavy atom. The molecule has 1 aromatic heterocycles. The number of sulfonamides is 1. The number of carbonyl (C=O) groups is 1. The van der Waals surface area contributed by atoms with Crippen molar-refractivity contribution in [2.75, 3.05) is 4.72 Å². The minimum atomic E-state index is -4.10. The third kappa shape index (κ3) is 3.05. The average molecular weight is 378 g/mol. The molecule has 2 rings (SSSR count). The van der Waals surface area contributed by atoms with E-state index in [-0.39, 0.29) is 20.7 Å². The Balaban J connectivity index is 2.47. The maximum absolute atomic E-state index is 13.0. The highest BCUT2D eigenvalue weighted by Gasteiger charge is 2.23. The number of aromatic carboxylic acids is 1. The second-order valence-electron chi connectivity index (χ2n) is 4.02. The van der Waals surface area contributed by atoms with Gasteiger partial charge in [-0.2, -0.15) is 5.10 Å². The summed E-state index contributed by atoms with van der Waals surface area (Å²) in [5.74, 6) is -2.12. The van der Waals surface area contributed by atoms with Crippen LogP contribution in [0.15, 0.2) is 33.8 Å². The lowest BCUT2D eigenvalue weighted by Gasteiger charge is -2.10. The Labute approximate surface area is 127 Å². The van der Waals surface area contributed by atoms with Crippen LogP contribution in [0.5, 0.6) is 0 Å². The van der Waals surface area contributed by atoms with E-state index in [1.54, 1.807) is 0 Å². The van der Waals surface area contributed by atoms with Gasteiger partial charge in [-0.1, -0.05) is 0 Å². The van der Waals surface area contributed by atoms with Gasteiger partial charge in [0, 0.05) is 11.5 Å². The molecule has 0 bridgehead atoms. The van der Waals surface area contributed by atoms with Crippen LogP contribution in [0.1, 0.15) is 10.4 Å². The van der Waals surface area contributed by atoms with Crippen molar-refractivity contribution < 1.29 is 22.7 Å². The largest absolute Gasteiger partial charge is 0.477 e. The van der Waals surface area contributed by atoms with Gasteiger partial charge in [-0.05, 0) is 34.1 Å². The number of nitrogens with one attached hydrogen (secondary N) is 1. The maximum atomic E-state index is 13.0. The lowest BCUT2D eigenvalue weighted by molar-refractivity contribution is 0.0698. The molecule has 0 saturated carbocycles. The van der Waals surface area contributed by atoms with E-state index in [9.17, 15) is 17.6 Å². The van der Waals surface area contributed by atoms with E-state index in [1.165, 1.54) is 7.05 Å². The number of halogens is 2. The number of carboxylic acids is 1. The number of carboxylic acid groups (broad SMARTS) is 1. The van der Waals surface area contributed by atoms with Crippen molar-refractivity contribution in [3.63, 3.8) is 0 Å². The molecule has 0 unspecified atom stereocenters. The maximum Gasteiger partial charge on any atom is 0.341 e. The highest BCUT2D eigenvalue weighted by Crippen LogP contribution is 2.26. The quantitative estimate of drug-likeness (QED) is 0.845. The zero-order valence-corrected chi connectivity index (χ0v) is 12.9. The van der Waals surface area contributed by atoms with Gasteiger partial charge in [0.25, 0.3) is 10.0 Å². The third-order valence-electron chi connectivity index (χ3n) is 2.58. The smallest absolute Gasteiger partial charge is 0.341 e. The van der Waals surface area contributed by atoms with Gasteiger partial charge in [0.1, 0.15) is 16.3 Å². The minimum Gasteiger partial charge on any atom is -0.477 e. The van der Waals surface area contributed by atoms with Crippen molar-refractivity contribution in [2.24, 2.45) is 7.05 Å². The Hall–Kier alpha value is -1.94. The molecule has 0 aliphatic carbocycles. The number of rotatable bonds is 4. The number of aromatic nitrogens is 2. The lowest BCUT2D eigenvalue weighted by atomic mass is 10.3. The monoisotopic (exact) mass is 377 g/mol. The zero-order valence-electron chi connectivity index (χ0n) is 10.5. The predicted octanol–water partition coefficient (Wildman–Crippen LogP) is 1.82. The molecule has 0 spiro atoms. The van der Waals surface area contributed by atoms with E-state index >= 15 is 0 Å². The molecule has 0 amide bonds. The molecule has 1 heterocycles. The normalized spacial score (nSPS) is 11.4. The van der Waals surface area contributed by atoms with Crippen LogP contribution in [0.3, 0.4) is 0 Å². The molecule has 112 valence electrons. The van der Waals surface area contributed by atoms with E-state index in [1.807, 2.05) is 0 Å². The van der Waals surface area contributed by atoms with E-state index in [4.69, 9.17) is 5.11 Å². The molecule has 2 aromatic rings. The number of hydrogen-bond donors (Lipinski definition) is 2. The van der Waals surface area contributed by atoms with Crippen LogP contribution in [-0.4, -0.2) is 29.3 Å². The summed E-state index contributed by atoms with van der Waals surface area (Å²) in [5, 5.41) is 12.7. The first-order chi connectivity index (χ1) is 9.72. The number of nitrogens with zero attached hydrogens (tertiary/aromatic N) is 2. The number of aryl methyl sites for hydroxylation is 1. The van der Waals surface area contributed by atoms with Crippen molar-refractivity contribution in [2.45, 2.75) is 4.90 Å². The van der Waals surface area contributed by atoms with Gasteiger partial charge in [0.15, 0.2) is 5.82 Å². The second kappa shape index (κ2) is 5.45. The summed E-state index contributed by atoms with van der Waals surface area (Å²) in [4.78, 5) is 10.8. The van der Waals surface area contributed by atoms with E-state index in [2.05, 4.69) is 25.8 Å². The highest BCUT2D eigenvalue weighted by molar-refractivity contribution is 9.10. The summed E-state index contributed by atoms with van der Waals surface area (Å²) < 4.78 is 40.8. The summed E-state index contributed by atoms with van der Waals surface area (Å²) in [7, 11) is -2.70. The molecule has 1 aromatic carbocycles. The fraction of sp³-hybridized carbons (Fsp3) is 0.0909. The summed E-state index contributed by atoms with van der Waals surface area (Å²) in [6.45, 7) is 0. The van der Waals surface area contributed by atoms with Crippen LogP contribution in [0.4, 0.5) is 10.2 Å². The molecule has 2 N–H and O–H groups in total. The fourth-order valence-electron chi connectivity index (χ4n) is 1.59. The average Bonchev–Trinajstić information content (AvgIpc) is 2.70. The second-order valence-corrected chi connectivity index (χ2v) is 6.52. The van der Waals surface area contributed by atoms with E-state index in [0.29, 0.717) is 0 Å². The van der Waals surface area contributed by atoms with Crippen LogP contribution >= 0.6 is 15.9 Å². The fourth-order valence-corrected chi connectivity index (χ4v) is 3.75. The zero-order chi connectivity index (χ0) is 15.8. The van der Waals surface area contributed by atoms with Gasteiger partial charge in [-0.3, -0.25) is 9.40 Å². The van der Waals surface area contributed by atoms with Crippen LogP contribution < -0.4 is 4.72 Å². The molecular formula is C11H9BrFN3O4S. The van der Waals surface area contributed by atoms with Gasteiger partial charge in [0.05, 0.1) is 6.20 Å². The van der Waals surface area contributed by atoms with Crippen molar-refractivity contribution in [3.8, 4) is 0 Å². The number of hydrogen-bond acceptors (Lipinski definition) is 4. The highest BCUT2D eigenvalue weighted by atomic mass is 79.9. The van der Waals surface area contributed by atoms with Gasteiger partial charge in [-0.25, -0.2) is 17.6 Å². The first-order valence-corrected chi connectivity index (χ1v) is 7.73. The molecule has 0 saturated heterocycles. The predicted molar refractivity (Wildman–Crippen MR) is 75.1 cm³/mol. The summed E-state index contributed by atoms with van der Waals surface area (Å²) >= 11 is 2.96. The Kier molecular flexibility index (Phi) is 4.01. The molecule has 7 nitrogen and oxygen atoms in total. The molecule has 0 atom stereocenters. The SMILES string of the molecule is Cn1ncc(C(=O)O)c1NS(=O)(=O)c1ccc(F)cc1Br. The first kappa shape index (κ1) is 15.4. The van der Waals surface area contributed by atoms with Crippen LogP contribution in [0, 0.1) is 5.82 Å². The first-order valence-electron chi connectivity index (χ1n) is 5.45. The summed E-state index contributed by atoms with van der Waals surface area (Å²) in [5.41, 5.74) is -0.292. The lowest BCUT2D eigenvalue weighted by Crippen LogP contribution is -2.18. The van der Waals surface area contributed by atoms with Gasteiger partial charge in [0.2, 0.25) is 0 Å². The topological polar surface area (TPSA) is 101 Å². The third-order valence-corrected chi connectivity index (χ3v) is 4.90. The Morgan fingerprint density at radius 2 is 2.14 bits per heavy atom. The summed E-state index contributed by atoms with van der Waals surface area (Å²) in [6.07, 6.45) is 1.03. The summed E-state index contributed by atoms with van der Waals surface area (Å²) in [6, 6.07) is 3.05. The Bertz CT molecular complexity index is 819. The van der Waals surface area contributed by atoms with Gasteiger partial charge < -0.3 is 5.11 Å². The molecule has 21 heavy (non-hydrogen) atoms. The molecule has 0 aliphatic rings. The Morgan fingerprint density at radius 3 is 2.71 bits per heavy atom. The standard InChI is InChI=1S/C11H9BrFN3O4S/c1-16-10(7(5-14-16)11(17)18)15-21(19,20)9-3-2-6(13)4-8(9)12/h2-5,15H,1H3,(H,17,18). The number of benzene rings is 1. The molecule has 10 heteroatoms. The van der Waals surface area contributed by atoms with Crippen LogP contribution in [0.2, 0.25) is 0 Å². The van der Waals surface area contributed by atoms with Crippen LogP contribution in [0.25, 0.3) is 0 Å². The van der Waals surface area contributed by atoms with Crippen molar-refractivity contribution in [1.82, 2.24) is 9.78 Å². The molecule has 0 aliphatic heterocycles. The van der Waals surface area contributed by atoms with Crippen molar-refractivity contribution in [3.05, 3.63) is 40.2 Å². The van der Waals surface area contributed by atoms with Crippen molar-refractivity contribution >= 4 is 37.7 Å². The molecule has 0 fully saturated rings. The minimum absolute atomic E-state index is 0.0223. The van der Waals surface area contributed by atoms with E-state index < -0.39 is 21.8 Å². The molecule has 0 radical (unpaired) electrons. The van der Waals surface area contributed by atoms with Crippen LogP contribution in [-0.2, 0) is 17.1 Å². The molecular weight excluding hydrogens is 369 g/mol. The van der Waals surface area contributed by atoms with E-state index in [0.717, 1.165) is 29.1 Å².